The predicted octanol–water partition coefficient (Wildman–Crippen LogP) is 5.06. The molecule has 0 spiro atoms. The Kier molecular flexibility index (Phi) is 11.0. The van der Waals surface area contributed by atoms with E-state index < -0.39 is 0 Å². The van der Waals surface area contributed by atoms with Gasteiger partial charge in [0.1, 0.15) is 5.75 Å². The van der Waals surface area contributed by atoms with Crippen molar-refractivity contribution in [1.82, 2.24) is 4.90 Å². The predicted molar refractivity (Wildman–Crippen MR) is 131 cm³/mol. The number of aliphatic hydroxyl groups excluding tert-OH is 1. The Morgan fingerprint density at radius 3 is 2.47 bits per heavy atom. The molecular weight excluding hydrogens is 470 g/mol. The van der Waals surface area contributed by atoms with Crippen LogP contribution in [0.5, 0.6) is 5.75 Å². The van der Waals surface area contributed by atoms with Crippen LogP contribution in [0.1, 0.15) is 49.1 Å². The average molecular weight is 506 g/mol. The van der Waals surface area contributed by atoms with Gasteiger partial charge in [-0.05, 0) is 61.9 Å². The van der Waals surface area contributed by atoms with Crippen LogP contribution in [0.2, 0.25) is 0 Å². The third-order valence-electron chi connectivity index (χ3n) is 5.96. The lowest BCUT2D eigenvalue weighted by atomic mass is 9.87. The van der Waals surface area contributed by atoms with Crippen molar-refractivity contribution in [3.8, 4) is 5.75 Å². The second-order valence-corrected chi connectivity index (χ2v) is 9.28. The van der Waals surface area contributed by atoms with Crippen LogP contribution in [0.3, 0.4) is 0 Å². The maximum absolute atomic E-state index is 10.4. The highest BCUT2D eigenvalue weighted by Crippen LogP contribution is 2.30. The number of halogens is 1. The molecule has 0 aromatic heterocycles. The van der Waals surface area contributed by atoms with Crippen LogP contribution < -0.4 is 0 Å². The molecular formula is C26H36BrNO4. The van der Waals surface area contributed by atoms with E-state index in [1.807, 2.05) is 18.2 Å². The molecule has 2 aromatic rings. The highest BCUT2D eigenvalue weighted by molar-refractivity contribution is 9.09. The molecule has 2 saturated heterocycles. The molecule has 176 valence electrons. The molecule has 2 heterocycles. The Bertz CT molecular complexity index is 752. The van der Waals surface area contributed by atoms with Gasteiger partial charge in [-0.15, -0.1) is 0 Å². The number of phenolic OH excluding ortho intramolecular Hbond substituents is 1. The number of piperidine rings is 1. The van der Waals surface area contributed by atoms with Crippen molar-refractivity contribution < 1.29 is 19.7 Å². The minimum Gasteiger partial charge on any atom is -0.508 e. The van der Waals surface area contributed by atoms with Crippen molar-refractivity contribution in [2.24, 2.45) is 0 Å². The summed E-state index contributed by atoms with van der Waals surface area (Å²) in [6.45, 7) is 4.26. The van der Waals surface area contributed by atoms with Crippen molar-refractivity contribution in [1.29, 1.82) is 0 Å². The van der Waals surface area contributed by atoms with Gasteiger partial charge in [-0.2, -0.15) is 0 Å². The Hall–Kier alpha value is -1.44. The summed E-state index contributed by atoms with van der Waals surface area (Å²) in [6.07, 6.45) is 5.26. The highest BCUT2D eigenvalue weighted by atomic mass is 79.9. The molecule has 32 heavy (non-hydrogen) atoms. The van der Waals surface area contributed by atoms with Crippen molar-refractivity contribution in [3.63, 3.8) is 0 Å². The Morgan fingerprint density at radius 1 is 1.03 bits per heavy atom. The van der Waals surface area contributed by atoms with Crippen LogP contribution in [-0.4, -0.2) is 59.1 Å². The van der Waals surface area contributed by atoms with Crippen LogP contribution >= 0.6 is 15.9 Å². The van der Waals surface area contributed by atoms with E-state index in [9.17, 15) is 10.2 Å². The van der Waals surface area contributed by atoms with Gasteiger partial charge in [0.15, 0.2) is 6.29 Å². The maximum Gasteiger partial charge on any atom is 0.157 e. The zero-order valence-electron chi connectivity index (χ0n) is 18.7. The minimum absolute atomic E-state index is 0.0859. The molecule has 2 aliphatic heterocycles. The number of aromatic hydroxyl groups is 1. The fraction of sp³-hybridized carbons (Fsp3) is 0.538. The Labute approximate surface area is 200 Å². The topological polar surface area (TPSA) is 62.2 Å². The molecule has 0 amide bonds. The monoisotopic (exact) mass is 505 g/mol. The molecule has 5 nitrogen and oxygen atoms in total. The fourth-order valence-electron chi connectivity index (χ4n) is 4.20. The lowest BCUT2D eigenvalue weighted by Gasteiger charge is -2.36. The molecule has 2 aromatic carbocycles. The van der Waals surface area contributed by atoms with Crippen LogP contribution in [0.15, 0.2) is 54.6 Å². The van der Waals surface area contributed by atoms with E-state index in [1.165, 1.54) is 18.4 Å². The fourth-order valence-corrected chi connectivity index (χ4v) is 4.43. The van der Waals surface area contributed by atoms with Gasteiger partial charge in [-0.1, -0.05) is 58.4 Å². The van der Waals surface area contributed by atoms with Gasteiger partial charge in [-0.25, -0.2) is 0 Å². The molecule has 2 fully saturated rings. The summed E-state index contributed by atoms with van der Waals surface area (Å²) in [6, 6.07) is 17.6. The van der Waals surface area contributed by atoms with Gasteiger partial charge >= 0.3 is 0 Å². The zero-order valence-corrected chi connectivity index (χ0v) is 20.3. The normalized spacial score (nSPS) is 23.9. The van der Waals surface area contributed by atoms with E-state index >= 15 is 0 Å². The van der Waals surface area contributed by atoms with E-state index in [1.54, 1.807) is 12.1 Å². The van der Waals surface area contributed by atoms with E-state index in [0.29, 0.717) is 6.54 Å². The number of benzene rings is 2. The number of likely N-dealkylation sites (tertiary alicyclic amines) is 1. The molecule has 4 rings (SSSR count). The molecule has 2 aliphatic rings. The first-order chi connectivity index (χ1) is 15.7. The first-order valence-corrected chi connectivity index (χ1v) is 12.8. The number of rotatable bonds is 7. The third-order valence-corrected chi connectivity index (χ3v) is 6.52. The number of alkyl halides is 1. The SMILES string of the molecule is BrCCCOC1CCCCO1.Oc1ccc(C2CCN(Cc3ccccc3)CC2O)cc1. The second-order valence-electron chi connectivity index (χ2n) is 8.48. The first kappa shape index (κ1) is 25.2. The van der Waals surface area contributed by atoms with Gasteiger partial charge in [0.25, 0.3) is 0 Å². The molecule has 0 radical (unpaired) electrons. The quantitative estimate of drug-likeness (QED) is 0.406. The van der Waals surface area contributed by atoms with Gasteiger partial charge in [-0.3, -0.25) is 4.90 Å². The molecule has 6 heteroatoms. The molecule has 0 saturated carbocycles. The molecule has 3 unspecified atom stereocenters. The number of β-amino-alcohol motifs (C(OH)–C–C–N with tert-alkyl or cyclic N) is 1. The van der Waals surface area contributed by atoms with Crippen LogP contribution in [-0.2, 0) is 16.0 Å². The standard InChI is InChI=1S/C18H21NO2.C8H15BrO2/c20-16-8-6-15(7-9-16)17-10-11-19(13-18(17)21)12-14-4-2-1-3-5-14;9-5-3-7-11-8-4-1-2-6-10-8/h1-9,17-18,20-21H,10-13H2;8H,1-7H2. The third kappa shape index (κ3) is 8.49. The van der Waals surface area contributed by atoms with Gasteiger partial charge < -0.3 is 19.7 Å². The molecule has 0 aliphatic carbocycles. The van der Waals surface area contributed by atoms with Gasteiger partial charge in [0.2, 0.25) is 0 Å². The number of hydrogen-bond acceptors (Lipinski definition) is 5. The van der Waals surface area contributed by atoms with E-state index in [2.05, 4.69) is 45.1 Å². The smallest absolute Gasteiger partial charge is 0.157 e. The molecule has 2 N–H and O–H groups in total. The van der Waals surface area contributed by atoms with Crippen LogP contribution in [0, 0.1) is 0 Å². The maximum atomic E-state index is 10.4. The van der Waals surface area contributed by atoms with E-state index in [4.69, 9.17) is 9.47 Å². The summed E-state index contributed by atoms with van der Waals surface area (Å²) >= 11 is 3.35. The van der Waals surface area contributed by atoms with Crippen LogP contribution in [0.25, 0.3) is 0 Å². The summed E-state index contributed by atoms with van der Waals surface area (Å²) in [5.41, 5.74) is 2.40. The second kappa shape index (κ2) is 14.0. The van der Waals surface area contributed by atoms with Crippen LogP contribution in [0.4, 0.5) is 0 Å². The van der Waals surface area contributed by atoms with Crippen molar-refractivity contribution in [2.45, 2.75) is 57.0 Å². The summed E-state index contributed by atoms with van der Waals surface area (Å²) in [7, 11) is 0. The van der Waals surface area contributed by atoms with Gasteiger partial charge in [0, 0.05) is 30.9 Å². The zero-order chi connectivity index (χ0) is 22.6. The minimum atomic E-state index is -0.355. The van der Waals surface area contributed by atoms with Crippen molar-refractivity contribution >= 4 is 15.9 Å². The van der Waals surface area contributed by atoms with E-state index in [-0.39, 0.29) is 24.1 Å². The lowest BCUT2D eigenvalue weighted by Crippen LogP contribution is -2.42. The summed E-state index contributed by atoms with van der Waals surface area (Å²) < 4.78 is 10.9. The number of aliphatic hydroxyl groups is 1. The molecule has 3 atom stereocenters. The summed E-state index contributed by atoms with van der Waals surface area (Å²) in [5.74, 6) is 0.437. The van der Waals surface area contributed by atoms with E-state index in [0.717, 1.165) is 56.5 Å². The van der Waals surface area contributed by atoms with Crippen molar-refractivity contribution in [3.05, 3.63) is 65.7 Å². The largest absolute Gasteiger partial charge is 0.508 e. The average Bonchev–Trinajstić information content (AvgIpc) is 2.82. The number of hydrogen-bond donors (Lipinski definition) is 2. The summed E-state index contributed by atoms with van der Waals surface area (Å²) in [4.78, 5) is 2.30. The first-order valence-electron chi connectivity index (χ1n) is 11.7. The lowest BCUT2D eigenvalue weighted by molar-refractivity contribution is -0.161. The number of phenols is 1. The Balaban J connectivity index is 0.000000222. The van der Waals surface area contributed by atoms with Crippen molar-refractivity contribution in [2.75, 3.05) is 31.6 Å². The highest BCUT2D eigenvalue weighted by Gasteiger charge is 2.28. The Morgan fingerprint density at radius 2 is 1.81 bits per heavy atom. The molecule has 0 bridgehead atoms. The number of nitrogens with zero attached hydrogens (tertiary/aromatic N) is 1. The van der Waals surface area contributed by atoms with Gasteiger partial charge in [0.05, 0.1) is 12.7 Å². The summed E-state index contributed by atoms with van der Waals surface area (Å²) in [5, 5.41) is 20.8. The number of ether oxygens (including phenoxy) is 2.